The summed E-state index contributed by atoms with van der Waals surface area (Å²) in [5.74, 6) is 0.115. The van der Waals surface area contributed by atoms with Crippen LogP contribution in [0.15, 0.2) is 0 Å². The van der Waals surface area contributed by atoms with E-state index in [2.05, 4.69) is 4.74 Å². The Morgan fingerprint density at radius 2 is 1.82 bits per heavy atom. The maximum Gasteiger partial charge on any atom is 0.149 e. The molecule has 1 N–H and O–H groups in total. The average Bonchev–Trinajstić information content (AvgIpc) is 1.84. The number of hydrogen-bond donors (Lipinski definition) is 1. The zero-order valence-corrected chi connectivity index (χ0v) is 8.02. The highest BCUT2D eigenvalue weighted by molar-refractivity contribution is 7.90. The lowest BCUT2D eigenvalue weighted by molar-refractivity contribution is 0.217. The lowest BCUT2D eigenvalue weighted by Crippen LogP contribution is -2.07. The van der Waals surface area contributed by atoms with E-state index in [0.717, 1.165) is 0 Å². The summed E-state index contributed by atoms with van der Waals surface area (Å²) in [6.07, 6.45) is 1.19. The van der Waals surface area contributed by atoms with E-state index in [9.17, 15) is 8.42 Å². The summed E-state index contributed by atoms with van der Waals surface area (Å²) in [5.41, 5.74) is 0. The van der Waals surface area contributed by atoms with Crippen molar-refractivity contribution in [2.45, 2.75) is 6.92 Å². The number of aliphatic hydroxyl groups is 1. The highest BCUT2D eigenvalue weighted by Gasteiger charge is 1.98. The van der Waals surface area contributed by atoms with Crippen molar-refractivity contribution in [3.63, 3.8) is 0 Å². The van der Waals surface area contributed by atoms with Crippen molar-refractivity contribution in [1.29, 1.82) is 0 Å². The van der Waals surface area contributed by atoms with E-state index in [0.29, 0.717) is 6.61 Å². The van der Waals surface area contributed by atoms with Crippen LogP contribution in [-0.4, -0.2) is 45.9 Å². The molecule has 0 radical (unpaired) electrons. The second-order valence-electron chi connectivity index (χ2n) is 1.94. The van der Waals surface area contributed by atoms with E-state index in [1.807, 2.05) is 0 Å². The molecule has 11 heavy (non-hydrogen) atoms. The second-order valence-corrected chi connectivity index (χ2v) is 4.20. The SMILES string of the molecule is CCO.COCCS(C)(=O)=O. The summed E-state index contributed by atoms with van der Waals surface area (Å²) in [4.78, 5) is 0. The minimum atomic E-state index is -2.81. The summed E-state index contributed by atoms with van der Waals surface area (Å²) in [7, 11) is -1.33. The van der Waals surface area contributed by atoms with Gasteiger partial charge in [0.2, 0.25) is 0 Å². The first kappa shape index (κ1) is 13.5. The highest BCUT2D eigenvalue weighted by Crippen LogP contribution is 1.80. The molecule has 0 aromatic rings. The molecule has 70 valence electrons. The van der Waals surface area contributed by atoms with E-state index < -0.39 is 9.84 Å². The zero-order valence-electron chi connectivity index (χ0n) is 7.20. The molecule has 0 aliphatic rings. The molecule has 0 bridgehead atoms. The molecule has 0 aromatic carbocycles. The molecule has 0 fully saturated rings. The maximum atomic E-state index is 10.3. The number of methoxy groups -OCH3 is 1. The van der Waals surface area contributed by atoms with E-state index in [1.54, 1.807) is 6.92 Å². The van der Waals surface area contributed by atoms with Gasteiger partial charge >= 0.3 is 0 Å². The van der Waals surface area contributed by atoms with Crippen molar-refractivity contribution in [1.82, 2.24) is 0 Å². The average molecular weight is 184 g/mol. The van der Waals surface area contributed by atoms with Crippen molar-refractivity contribution < 1.29 is 18.3 Å². The summed E-state index contributed by atoms with van der Waals surface area (Å²) < 4.78 is 25.2. The Balaban J connectivity index is 0. The predicted molar refractivity (Wildman–Crippen MR) is 44.3 cm³/mol. The Hall–Kier alpha value is -0.130. The minimum absolute atomic E-state index is 0.115. The van der Waals surface area contributed by atoms with Gasteiger partial charge in [0, 0.05) is 20.0 Å². The first-order valence-electron chi connectivity index (χ1n) is 3.25. The van der Waals surface area contributed by atoms with Gasteiger partial charge in [-0.15, -0.1) is 0 Å². The van der Waals surface area contributed by atoms with E-state index in [-0.39, 0.29) is 12.4 Å². The number of ether oxygens (including phenoxy) is 1. The van der Waals surface area contributed by atoms with E-state index in [1.165, 1.54) is 13.4 Å². The van der Waals surface area contributed by atoms with Crippen LogP contribution in [0, 0.1) is 0 Å². The van der Waals surface area contributed by atoms with Crippen molar-refractivity contribution in [3.05, 3.63) is 0 Å². The van der Waals surface area contributed by atoms with Crippen molar-refractivity contribution >= 4 is 9.84 Å². The molecule has 0 aliphatic heterocycles. The molecule has 0 heterocycles. The minimum Gasteiger partial charge on any atom is -0.397 e. The molecular formula is C6H16O4S. The van der Waals surface area contributed by atoms with Gasteiger partial charge in [-0.05, 0) is 6.92 Å². The third-order valence-corrected chi connectivity index (χ3v) is 1.57. The van der Waals surface area contributed by atoms with Gasteiger partial charge in [0.1, 0.15) is 9.84 Å². The standard InChI is InChI=1S/C4H10O3S.C2H6O/c1-7-3-4-8(2,5)6;1-2-3/h3-4H2,1-2H3;3H,2H2,1H3. The van der Waals surface area contributed by atoms with Gasteiger partial charge in [-0.3, -0.25) is 0 Å². The normalized spacial score (nSPS) is 10.2. The highest BCUT2D eigenvalue weighted by atomic mass is 32.2. The quantitative estimate of drug-likeness (QED) is 0.652. The van der Waals surface area contributed by atoms with Gasteiger partial charge in [-0.2, -0.15) is 0 Å². The Labute approximate surface area is 68.1 Å². The summed E-state index contributed by atoms with van der Waals surface area (Å²) >= 11 is 0. The Bertz CT molecular complexity index is 150. The van der Waals surface area contributed by atoms with Crippen molar-refractivity contribution in [2.24, 2.45) is 0 Å². The van der Waals surface area contributed by atoms with Crippen molar-refractivity contribution in [2.75, 3.05) is 32.3 Å². The fraction of sp³-hybridized carbons (Fsp3) is 1.00. The topological polar surface area (TPSA) is 63.6 Å². The smallest absolute Gasteiger partial charge is 0.149 e. The number of aliphatic hydroxyl groups excluding tert-OH is 1. The lowest BCUT2D eigenvalue weighted by Gasteiger charge is -1.93. The molecule has 4 nitrogen and oxygen atoms in total. The van der Waals surface area contributed by atoms with Crippen LogP contribution in [0.5, 0.6) is 0 Å². The molecule has 0 unspecified atom stereocenters. The van der Waals surface area contributed by atoms with Gasteiger partial charge in [-0.1, -0.05) is 0 Å². The van der Waals surface area contributed by atoms with Gasteiger partial charge < -0.3 is 9.84 Å². The fourth-order valence-corrected chi connectivity index (χ4v) is 0.704. The monoisotopic (exact) mass is 184 g/mol. The maximum absolute atomic E-state index is 10.3. The third kappa shape index (κ3) is 25.8. The molecule has 0 aromatic heterocycles. The first-order valence-corrected chi connectivity index (χ1v) is 5.31. The van der Waals surface area contributed by atoms with Crippen LogP contribution in [0.3, 0.4) is 0 Å². The van der Waals surface area contributed by atoms with Crippen molar-refractivity contribution in [3.8, 4) is 0 Å². The van der Waals surface area contributed by atoms with Gasteiger partial charge in [0.05, 0.1) is 12.4 Å². The lowest BCUT2D eigenvalue weighted by atomic mass is 10.9. The molecule has 0 aliphatic carbocycles. The van der Waals surface area contributed by atoms with Gasteiger partial charge in [0.15, 0.2) is 0 Å². The van der Waals surface area contributed by atoms with Crippen LogP contribution in [0.25, 0.3) is 0 Å². The second kappa shape index (κ2) is 7.97. The number of hydrogen-bond acceptors (Lipinski definition) is 4. The predicted octanol–water partition coefficient (Wildman–Crippen LogP) is -0.324. The zero-order chi connectivity index (χ0) is 9.33. The van der Waals surface area contributed by atoms with Gasteiger partial charge in [0.25, 0.3) is 0 Å². The molecule has 0 rings (SSSR count). The molecule has 0 atom stereocenters. The molecule has 0 spiro atoms. The van der Waals surface area contributed by atoms with Crippen LogP contribution < -0.4 is 0 Å². The van der Waals surface area contributed by atoms with Crippen LogP contribution in [0.4, 0.5) is 0 Å². The molecular weight excluding hydrogens is 168 g/mol. The summed E-state index contributed by atoms with van der Waals surface area (Å²) in [6.45, 7) is 2.22. The summed E-state index contributed by atoms with van der Waals surface area (Å²) in [6, 6.07) is 0. The molecule has 0 saturated carbocycles. The summed E-state index contributed by atoms with van der Waals surface area (Å²) in [5, 5.41) is 7.57. The van der Waals surface area contributed by atoms with Crippen LogP contribution in [0.2, 0.25) is 0 Å². The van der Waals surface area contributed by atoms with Crippen LogP contribution in [-0.2, 0) is 14.6 Å². The van der Waals surface area contributed by atoms with Crippen LogP contribution in [0.1, 0.15) is 6.92 Å². The fourth-order valence-electron chi connectivity index (χ4n) is 0.235. The Morgan fingerprint density at radius 3 is 1.91 bits per heavy atom. The number of sulfone groups is 1. The number of rotatable bonds is 3. The Kier molecular flexibility index (Phi) is 9.75. The van der Waals surface area contributed by atoms with E-state index in [4.69, 9.17) is 5.11 Å². The van der Waals surface area contributed by atoms with Crippen LogP contribution >= 0.6 is 0 Å². The van der Waals surface area contributed by atoms with E-state index >= 15 is 0 Å². The third-order valence-electron chi connectivity index (χ3n) is 0.658. The largest absolute Gasteiger partial charge is 0.397 e. The molecule has 5 heteroatoms. The molecule has 0 saturated heterocycles. The first-order chi connectivity index (χ1) is 4.97. The molecule has 0 amide bonds. The Morgan fingerprint density at radius 1 is 1.45 bits per heavy atom. The van der Waals surface area contributed by atoms with Gasteiger partial charge in [-0.25, -0.2) is 8.42 Å².